The zero-order valence-corrected chi connectivity index (χ0v) is 12.0. The maximum absolute atomic E-state index is 11.6. The van der Waals surface area contributed by atoms with E-state index in [1.807, 2.05) is 12.4 Å². The Bertz CT molecular complexity index is 653. The highest BCUT2D eigenvalue weighted by molar-refractivity contribution is 5.45. The van der Waals surface area contributed by atoms with Gasteiger partial charge < -0.3 is 10.3 Å². The second-order valence-corrected chi connectivity index (χ2v) is 4.75. The average molecular weight is 273 g/mol. The van der Waals surface area contributed by atoms with Gasteiger partial charge in [-0.1, -0.05) is 13.5 Å². The first-order valence-corrected chi connectivity index (χ1v) is 6.46. The number of hydrogen-bond donors (Lipinski definition) is 2. The van der Waals surface area contributed by atoms with Crippen LogP contribution < -0.4 is 11.0 Å². The fourth-order valence-electron chi connectivity index (χ4n) is 2.12. The third kappa shape index (κ3) is 2.64. The zero-order valence-electron chi connectivity index (χ0n) is 12.0. The SMILES string of the molecule is C=Cc1[nH]c(=O)n(C)c1CC(C)c1cnc(NC)nc1. The molecule has 6 heteroatoms. The lowest BCUT2D eigenvalue weighted by atomic mass is 9.98. The van der Waals surface area contributed by atoms with Crippen molar-refractivity contribution >= 4 is 12.0 Å². The van der Waals surface area contributed by atoms with Crippen molar-refractivity contribution in [1.82, 2.24) is 19.5 Å². The summed E-state index contributed by atoms with van der Waals surface area (Å²) in [5.74, 6) is 0.808. The molecule has 0 radical (unpaired) electrons. The van der Waals surface area contributed by atoms with Crippen LogP contribution >= 0.6 is 0 Å². The minimum absolute atomic E-state index is 0.121. The van der Waals surface area contributed by atoms with E-state index in [-0.39, 0.29) is 11.6 Å². The third-order valence-electron chi connectivity index (χ3n) is 3.43. The van der Waals surface area contributed by atoms with Crippen LogP contribution in [0.25, 0.3) is 6.08 Å². The molecule has 0 saturated heterocycles. The molecule has 0 bridgehead atoms. The van der Waals surface area contributed by atoms with E-state index in [0.717, 1.165) is 23.4 Å². The van der Waals surface area contributed by atoms with Crippen LogP contribution in [0.15, 0.2) is 23.8 Å². The fraction of sp³-hybridized carbons (Fsp3) is 0.357. The van der Waals surface area contributed by atoms with Crippen molar-refractivity contribution in [2.75, 3.05) is 12.4 Å². The number of nitrogens with zero attached hydrogens (tertiary/aromatic N) is 3. The molecule has 0 fully saturated rings. The van der Waals surface area contributed by atoms with Gasteiger partial charge in [0.05, 0.1) is 5.69 Å². The highest BCUT2D eigenvalue weighted by atomic mass is 16.1. The highest BCUT2D eigenvalue weighted by Gasteiger charge is 2.14. The van der Waals surface area contributed by atoms with E-state index in [4.69, 9.17) is 0 Å². The first kappa shape index (κ1) is 14.0. The van der Waals surface area contributed by atoms with Crippen molar-refractivity contribution < 1.29 is 0 Å². The Kier molecular flexibility index (Phi) is 4.02. The molecule has 6 nitrogen and oxygen atoms in total. The van der Waals surface area contributed by atoms with Crippen LogP contribution in [0.5, 0.6) is 0 Å². The fourth-order valence-corrected chi connectivity index (χ4v) is 2.12. The van der Waals surface area contributed by atoms with Gasteiger partial charge in [-0.2, -0.15) is 0 Å². The summed E-state index contributed by atoms with van der Waals surface area (Å²) in [6, 6.07) is 0. The lowest BCUT2D eigenvalue weighted by molar-refractivity contribution is 0.688. The molecule has 0 amide bonds. The summed E-state index contributed by atoms with van der Waals surface area (Å²) < 4.78 is 1.62. The number of anilines is 1. The molecule has 0 aliphatic rings. The maximum Gasteiger partial charge on any atom is 0.325 e. The molecule has 0 aliphatic carbocycles. The molecule has 0 aromatic carbocycles. The first-order valence-electron chi connectivity index (χ1n) is 6.46. The lowest BCUT2D eigenvalue weighted by Crippen LogP contribution is -2.15. The van der Waals surface area contributed by atoms with E-state index in [2.05, 4.69) is 33.8 Å². The van der Waals surface area contributed by atoms with Crippen molar-refractivity contribution in [3.8, 4) is 0 Å². The van der Waals surface area contributed by atoms with Crippen molar-refractivity contribution in [2.45, 2.75) is 19.3 Å². The van der Waals surface area contributed by atoms with Gasteiger partial charge in [-0.05, 0) is 24.0 Å². The smallest absolute Gasteiger partial charge is 0.325 e. The molecule has 2 rings (SSSR count). The Labute approximate surface area is 117 Å². The highest BCUT2D eigenvalue weighted by Crippen LogP contribution is 2.20. The van der Waals surface area contributed by atoms with Crippen LogP contribution in [-0.2, 0) is 13.5 Å². The molecule has 0 aliphatic heterocycles. The van der Waals surface area contributed by atoms with Gasteiger partial charge >= 0.3 is 5.69 Å². The van der Waals surface area contributed by atoms with E-state index < -0.39 is 0 Å². The second-order valence-electron chi connectivity index (χ2n) is 4.75. The second kappa shape index (κ2) is 5.73. The topological polar surface area (TPSA) is 75.6 Å². The van der Waals surface area contributed by atoms with Crippen LogP contribution in [0.1, 0.15) is 29.8 Å². The number of nitrogens with one attached hydrogen (secondary N) is 2. The zero-order chi connectivity index (χ0) is 14.7. The van der Waals surface area contributed by atoms with Crippen LogP contribution in [0.4, 0.5) is 5.95 Å². The Balaban J connectivity index is 2.24. The summed E-state index contributed by atoms with van der Waals surface area (Å²) >= 11 is 0. The van der Waals surface area contributed by atoms with Gasteiger partial charge in [-0.3, -0.25) is 4.57 Å². The Morgan fingerprint density at radius 1 is 1.50 bits per heavy atom. The Morgan fingerprint density at radius 2 is 2.15 bits per heavy atom. The molecule has 106 valence electrons. The Morgan fingerprint density at radius 3 is 2.70 bits per heavy atom. The van der Waals surface area contributed by atoms with Crippen molar-refractivity contribution in [2.24, 2.45) is 7.05 Å². The predicted molar refractivity (Wildman–Crippen MR) is 79.8 cm³/mol. The number of aromatic amines is 1. The summed E-state index contributed by atoms with van der Waals surface area (Å²) in [6.45, 7) is 5.82. The molecule has 20 heavy (non-hydrogen) atoms. The molecule has 2 N–H and O–H groups in total. The summed E-state index contributed by atoms with van der Waals surface area (Å²) in [7, 11) is 3.54. The quantitative estimate of drug-likeness (QED) is 0.866. The van der Waals surface area contributed by atoms with Crippen LogP contribution in [-0.4, -0.2) is 26.6 Å². The minimum Gasteiger partial charge on any atom is -0.357 e. The average Bonchev–Trinajstić information content (AvgIpc) is 2.75. The number of hydrogen-bond acceptors (Lipinski definition) is 4. The van der Waals surface area contributed by atoms with Gasteiger partial charge in [0.2, 0.25) is 5.95 Å². The predicted octanol–water partition coefficient (Wildman–Crippen LogP) is 1.53. The third-order valence-corrected chi connectivity index (χ3v) is 3.43. The van der Waals surface area contributed by atoms with E-state index in [9.17, 15) is 4.79 Å². The maximum atomic E-state index is 11.6. The largest absolute Gasteiger partial charge is 0.357 e. The van der Waals surface area contributed by atoms with Crippen molar-refractivity contribution in [3.63, 3.8) is 0 Å². The molecular formula is C14H19N5O. The number of H-pyrrole nitrogens is 1. The van der Waals surface area contributed by atoms with Gasteiger partial charge in [0.15, 0.2) is 0 Å². The lowest BCUT2D eigenvalue weighted by Gasteiger charge is -2.12. The molecular weight excluding hydrogens is 254 g/mol. The number of rotatable bonds is 5. The molecule has 1 atom stereocenters. The van der Waals surface area contributed by atoms with Crippen LogP contribution in [0.3, 0.4) is 0 Å². The van der Waals surface area contributed by atoms with Gasteiger partial charge in [0.25, 0.3) is 0 Å². The van der Waals surface area contributed by atoms with E-state index in [1.54, 1.807) is 24.7 Å². The summed E-state index contributed by atoms with van der Waals surface area (Å²) in [5.41, 5.74) is 2.63. The first-order chi connectivity index (χ1) is 9.56. The van der Waals surface area contributed by atoms with Crippen molar-refractivity contribution in [3.05, 3.63) is 46.4 Å². The van der Waals surface area contributed by atoms with Gasteiger partial charge in [0, 0.05) is 32.2 Å². The van der Waals surface area contributed by atoms with E-state index in [1.165, 1.54) is 0 Å². The van der Waals surface area contributed by atoms with E-state index >= 15 is 0 Å². The molecule has 2 aromatic rings. The molecule has 1 unspecified atom stereocenters. The summed E-state index contributed by atoms with van der Waals surface area (Å²) in [4.78, 5) is 22.9. The molecule has 2 heterocycles. The molecule has 2 aromatic heterocycles. The van der Waals surface area contributed by atoms with Crippen molar-refractivity contribution in [1.29, 1.82) is 0 Å². The standard InChI is InChI=1S/C14H19N5O/c1-5-11-12(19(4)14(20)18-11)6-9(2)10-7-16-13(15-3)17-8-10/h5,7-9H,1,6H2,2-4H3,(H,18,20)(H,15,16,17). The summed E-state index contributed by atoms with van der Waals surface area (Å²) in [6.07, 6.45) is 6.01. The van der Waals surface area contributed by atoms with Gasteiger partial charge in [0.1, 0.15) is 0 Å². The normalized spacial score (nSPS) is 12.2. The van der Waals surface area contributed by atoms with Gasteiger partial charge in [-0.25, -0.2) is 14.8 Å². The van der Waals surface area contributed by atoms with Gasteiger partial charge in [-0.15, -0.1) is 0 Å². The van der Waals surface area contributed by atoms with Crippen LogP contribution in [0, 0.1) is 0 Å². The monoisotopic (exact) mass is 273 g/mol. The number of aromatic nitrogens is 4. The number of imidazole rings is 1. The molecule has 0 saturated carbocycles. The minimum atomic E-state index is -0.121. The van der Waals surface area contributed by atoms with Crippen LogP contribution in [0.2, 0.25) is 0 Å². The molecule has 0 spiro atoms. The summed E-state index contributed by atoms with van der Waals surface area (Å²) in [5, 5.41) is 2.89. The Hall–Kier alpha value is -2.37. The van der Waals surface area contributed by atoms with E-state index in [0.29, 0.717) is 5.95 Å².